The van der Waals surface area contributed by atoms with Crippen molar-refractivity contribution < 1.29 is 43.2 Å². The lowest BCUT2D eigenvalue weighted by atomic mass is 9.91. The molecule has 3 atom stereocenters. The number of nitrogens with two attached hydrogens (primary N) is 1. The average Bonchev–Trinajstić information content (AvgIpc) is 1.61. The number of nitrogens with one attached hydrogen (secondary N) is 1. The highest BCUT2D eigenvalue weighted by Crippen LogP contribution is 2.55. The number of carbonyl (C=O) groups is 3. The molecular formula is C65H82Cl5N13O9. The van der Waals surface area contributed by atoms with Crippen LogP contribution in [0.15, 0.2) is 55.4 Å². The van der Waals surface area contributed by atoms with Crippen LogP contribution in [-0.4, -0.2) is 142 Å². The van der Waals surface area contributed by atoms with Crippen LogP contribution in [0.1, 0.15) is 137 Å². The van der Waals surface area contributed by atoms with Gasteiger partial charge in [-0.1, -0.05) is 70.1 Å². The Morgan fingerprint density at radius 1 is 0.554 bits per heavy atom. The Morgan fingerprint density at radius 3 is 1.34 bits per heavy atom. The van der Waals surface area contributed by atoms with Crippen LogP contribution in [0.2, 0.25) is 25.5 Å². The number of hydrogen-bond donors (Lipinski definition) is 3. The standard InChI is InChI=1S/C24H28ClN5O3.C17H24ClN3O3.C12H21NO3.C7H5ClN2.C5H4Cl2N2/c1-15-20(29-18-7-6-16(26-5)12-17(18)25)27-14-28-21(15)32-19-8-11-30(13-24(19)9-10-24)22(31)33-23(2,3)4;1-11-13(18)19-10-20-14(11)23-12-5-8-21(9-17(12)6-7-17)15(22)24-16(2,3)4;1-11(2,3)16-10(15)13-7-4-9(14)12(8-13)5-6-12;1-10-5-2-3-7(9)6(8)4-5;1-3-4(6)8-2-9-5(3)7/h6-7,12,14,19H,8-11,13H2,1-4H3,(H,27,28,29);10,12H,5-9H2,1-4H3;9,14H,4-8H2,1-3H3;2-4H,9H2;2H,1H3. The van der Waals surface area contributed by atoms with Crippen molar-refractivity contribution in [2.24, 2.45) is 16.2 Å². The summed E-state index contributed by atoms with van der Waals surface area (Å²) in [5.74, 6) is 1.65. The fourth-order valence-corrected chi connectivity index (χ4v) is 11.3. The number of carbonyl (C=O) groups excluding carboxylic acids is 3. The minimum atomic E-state index is -0.512. The molecule has 11 rings (SSSR count). The Hall–Kier alpha value is -6.92. The van der Waals surface area contributed by atoms with Crippen LogP contribution in [0.4, 0.5) is 43.0 Å². The molecular weight excluding hydrogens is 1280 g/mol. The lowest BCUT2D eigenvalue weighted by Gasteiger charge is -2.39. The van der Waals surface area contributed by atoms with E-state index in [0.29, 0.717) is 112 Å². The normalized spacial score (nSPS) is 19.4. The van der Waals surface area contributed by atoms with E-state index in [2.05, 4.69) is 44.9 Å². The number of anilines is 3. The molecule has 3 spiro atoms. The summed E-state index contributed by atoms with van der Waals surface area (Å²) in [4.78, 5) is 72.9. The molecule has 3 amide bonds. The Morgan fingerprint density at radius 2 is 0.935 bits per heavy atom. The maximum Gasteiger partial charge on any atom is 0.410 e. The van der Waals surface area contributed by atoms with Crippen LogP contribution in [0.5, 0.6) is 11.8 Å². The van der Waals surface area contributed by atoms with Crippen LogP contribution >= 0.6 is 58.0 Å². The number of piperidine rings is 3. The number of nitrogen functional groups attached to an aromatic ring is 1. The van der Waals surface area contributed by atoms with Gasteiger partial charge in [0.15, 0.2) is 11.4 Å². The van der Waals surface area contributed by atoms with Crippen molar-refractivity contribution in [3.63, 3.8) is 0 Å². The molecule has 2 aromatic carbocycles. The summed E-state index contributed by atoms with van der Waals surface area (Å²) in [5.41, 5.74) is 8.33. The second-order valence-corrected chi connectivity index (χ2v) is 28.8. The molecule has 6 aliphatic rings. The first kappa shape index (κ1) is 72.5. The highest BCUT2D eigenvalue weighted by atomic mass is 35.5. The molecule has 27 heteroatoms. The maximum absolute atomic E-state index is 12.5. The Labute approximate surface area is 564 Å². The van der Waals surface area contributed by atoms with Gasteiger partial charge in [-0.15, -0.1) is 0 Å². The van der Waals surface area contributed by atoms with E-state index < -0.39 is 16.8 Å². The number of nitrogens with zero attached hydrogens (tertiary/aromatic N) is 11. The highest BCUT2D eigenvalue weighted by Gasteiger charge is 2.57. The molecule has 6 heterocycles. The van der Waals surface area contributed by atoms with Gasteiger partial charge in [-0.05, 0) is 152 Å². The van der Waals surface area contributed by atoms with Crippen LogP contribution in [0.25, 0.3) is 9.69 Å². The predicted octanol–water partition coefficient (Wildman–Crippen LogP) is 15.8. The number of hydrogen-bond acceptors (Lipinski definition) is 17. The molecule has 22 nitrogen and oxygen atoms in total. The lowest BCUT2D eigenvalue weighted by Crippen LogP contribution is -2.50. The molecule has 3 aliphatic heterocycles. The van der Waals surface area contributed by atoms with Crippen molar-refractivity contribution in [3.05, 3.63) is 120 Å². The summed E-state index contributed by atoms with van der Waals surface area (Å²) >= 11 is 29.1. The Kier molecular flexibility index (Phi) is 23.6. The van der Waals surface area contributed by atoms with E-state index in [4.69, 9.17) is 101 Å². The van der Waals surface area contributed by atoms with E-state index in [9.17, 15) is 19.5 Å². The van der Waals surface area contributed by atoms with Gasteiger partial charge in [-0.2, -0.15) is 0 Å². The summed E-state index contributed by atoms with van der Waals surface area (Å²) in [7, 11) is 0. The molecule has 5 aromatic rings. The Balaban J connectivity index is 0.000000177. The number of benzene rings is 2. The number of ether oxygens (including phenoxy) is 5. The average molecular weight is 1370 g/mol. The zero-order valence-electron chi connectivity index (χ0n) is 54.1. The van der Waals surface area contributed by atoms with Gasteiger partial charge < -0.3 is 54.5 Å². The van der Waals surface area contributed by atoms with E-state index >= 15 is 0 Å². The first-order valence-corrected chi connectivity index (χ1v) is 32.2. The monoisotopic (exact) mass is 1360 g/mol. The summed E-state index contributed by atoms with van der Waals surface area (Å²) in [6.07, 6.45) is 11.6. The van der Waals surface area contributed by atoms with Gasteiger partial charge in [0.05, 0.1) is 40.5 Å². The topological polar surface area (TPSA) is 251 Å². The third-order valence-corrected chi connectivity index (χ3v) is 17.9. The van der Waals surface area contributed by atoms with Gasteiger partial charge in [0.25, 0.3) is 0 Å². The third-order valence-electron chi connectivity index (χ3n) is 16.1. The number of aliphatic hydroxyl groups is 1. The fourth-order valence-electron chi connectivity index (χ4n) is 10.5. The minimum absolute atomic E-state index is 0.00481. The van der Waals surface area contributed by atoms with E-state index in [1.807, 2.05) is 76.2 Å². The summed E-state index contributed by atoms with van der Waals surface area (Å²) in [6.45, 7) is 39.9. The van der Waals surface area contributed by atoms with Gasteiger partial charge in [-0.25, -0.2) is 54.0 Å². The number of halogens is 5. The predicted molar refractivity (Wildman–Crippen MR) is 356 cm³/mol. The number of rotatable bonds is 6. The van der Waals surface area contributed by atoms with Crippen molar-refractivity contribution in [2.45, 2.75) is 176 Å². The van der Waals surface area contributed by atoms with Gasteiger partial charge >= 0.3 is 18.3 Å². The molecule has 3 saturated heterocycles. The first-order chi connectivity index (χ1) is 43.1. The number of likely N-dealkylation sites (tertiary alicyclic amines) is 3. The number of aromatic nitrogens is 6. The zero-order valence-corrected chi connectivity index (χ0v) is 57.9. The molecule has 92 heavy (non-hydrogen) atoms. The molecule has 496 valence electrons. The summed E-state index contributed by atoms with van der Waals surface area (Å²) in [6, 6.07) is 9.86. The molecule has 6 fully saturated rings. The zero-order chi connectivity index (χ0) is 67.7. The van der Waals surface area contributed by atoms with Crippen molar-refractivity contribution >= 4 is 105 Å². The van der Waals surface area contributed by atoms with Crippen LogP contribution < -0.4 is 20.5 Å². The largest absolute Gasteiger partial charge is 0.473 e. The van der Waals surface area contributed by atoms with Gasteiger partial charge in [0, 0.05) is 85.2 Å². The van der Waals surface area contributed by atoms with E-state index in [-0.39, 0.29) is 52.8 Å². The second kappa shape index (κ2) is 30.0. The van der Waals surface area contributed by atoms with Gasteiger partial charge in [-0.3, -0.25) is 0 Å². The lowest BCUT2D eigenvalue weighted by molar-refractivity contribution is -0.0158. The maximum atomic E-state index is 12.5. The van der Waals surface area contributed by atoms with Gasteiger partial charge in [0.1, 0.15) is 69.3 Å². The quantitative estimate of drug-likeness (QED) is 0.0618. The van der Waals surface area contributed by atoms with Crippen molar-refractivity contribution in [1.82, 2.24) is 44.6 Å². The number of amides is 3. The highest BCUT2D eigenvalue weighted by molar-refractivity contribution is 6.34. The van der Waals surface area contributed by atoms with Crippen LogP contribution in [0.3, 0.4) is 0 Å². The van der Waals surface area contributed by atoms with E-state index in [1.54, 1.807) is 58.0 Å². The number of aliphatic hydroxyl groups excluding tert-OH is 1. The smallest absolute Gasteiger partial charge is 0.410 e. The Bertz CT molecular complexity index is 3520. The molecule has 0 bridgehead atoms. The molecule has 4 N–H and O–H groups in total. The van der Waals surface area contributed by atoms with Crippen LogP contribution in [-0.2, 0) is 14.2 Å². The SMILES string of the molecule is CC(C)(C)OC(=O)N1CCC(O)C2(CC2)C1.Cc1c(Cl)ncnc1Cl.Cc1c(Cl)ncnc1OC1CCN(C(=O)OC(C)(C)C)CC12CC2.[C-]#[N+]c1ccc(N)c(Cl)c1.[C-]#[N+]c1ccc(Nc2ncnc(OC3CCN(C(=O)OC(C)(C)C)CC34CC4)c2C)c(Cl)c1. The van der Waals surface area contributed by atoms with Crippen molar-refractivity contribution in [1.29, 1.82) is 0 Å². The first-order valence-electron chi connectivity index (χ1n) is 30.3. The molecule has 3 aromatic heterocycles. The van der Waals surface area contributed by atoms with Crippen molar-refractivity contribution in [2.75, 3.05) is 50.3 Å². The molecule has 0 radical (unpaired) electrons. The second-order valence-electron chi connectivity index (χ2n) is 26.9. The fraction of sp³-hybridized carbons (Fsp3) is 0.554. The molecule has 3 saturated carbocycles. The molecule has 3 aliphatic carbocycles. The van der Waals surface area contributed by atoms with E-state index in [1.165, 1.54) is 19.0 Å². The van der Waals surface area contributed by atoms with E-state index in [0.717, 1.165) is 68.1 Å². The van der Waals surface area contributed by atoms with Gasteiger partial charge in [0.2, 0.25) is 11.8 Å². The third kappa shape index (κ3) is 20.1. The summed E-state index contributed by atoms with van der Waals surface area (Å²) < 4.78 is 28.9. The van der Waals surface area contributed by atoms with Crippen molar-refractivity contribution in [3.8, 4) is 11.8 Å². The van der Waals surface area contributed by atoms with Crippen LogP contribution in [0, 0.1) is 50.2 Å². The summed E-state index contributed by atoms with van der Waals surface area (Å²) in [5, 5.41) is 15.2. The minimum Gasteiger partial charge on any atom is -0.473 e. The molecule has 3 unspecified atom stereocenters.